The zero-order chi connectivity index (χ0) is 14.5. The van der Waals surface area contributed by atoms with E-state index >= 15 is 0 Å². The molecule has 1 aliphatic rings. The summed E-state index contributed by atoms with van der Waals surface area (Å²) >= 11 is 2.05. The third kappa shape index (κ3) is 4.17. The predicted octanol–water partition coefficient (Wildman–Crippen LogP) is 2.55. The van der Waals surface area contributed by atoms with Crippen molar-refractivity contribution in [2.75, 3.05) is 32.4 Å². The molecule has 0 bridgehead atoms. The maximum atomic E-state index is 13.0. The maximum Gasteiger partial charge on any atom is 0.141 e. The van der Waals surface area contributed by atoms with Gasteiger partial charge in [-0.15, -0.1) is 0 Å². The number of hydrogen-bond acceptors (Lipinski definition) is 4. The van der Waals surface area contributed by atoms with E-state index < -0.39 is 0 Å². The molecule has 0 radical (unpaired) electrons. The van der Waals surface area contributed by atoms with E-state index in [1.165, 1.54) is 18.0 Å². The minimum Gasteiger partial charge on any atom is -0.311 e. The molecule has 1 N–H and O–H groups in total. The zero-order valence-electron chi connectivity index (χ0n) is 12.5. The van der Waals surface area contributed by atoms with Gasteiger partial charge in [0.25, 0.3) is 0 Å². The summed E-state index contributed by atoms with van der Waals surface area (Å²) in [5.41, 5.74) is 0.917. The van der Waals surface area contributed by atoms with Gasteiger partial charge in [0.2, 0.25) is 0 Å². The van der Waals surface area contributed by atoms with Gasteiger partial charge in [0.1, 0.15) is 5.82 Å². The normalized spacial score (nSPS) is 23.5. The number of thioether (sulfide) groups is 1. The average molecular weight is 297 g/mol. The SMILES string of the molecule is CNC(c1ccc(F)cn1)C(C)CN1CCSC(C)C1. The highest BCUT2D eigenvalue weighted by Gasteiger charge is 2.24. The quantitative estimate of drug-likeness (QED) is 0.904. The van der Waals surface area contributed by atoms with Crippen molar-refractivity contribution >= 4 is 11.8 Å². The summed E-state index contributed by atoms with van der Waals surface area (Å²) in [5.74, 6) is 1.37. The van der Waals surface area contributed by atoms with Crippen molar-refractivity contribution in [3.63, 3.8) is 0 Å². The Labute approximate surface area is 125 Å². The van der Waals surface area contributed by atoms with Gasteiger partial charge in [-0.2, -0.15) is 11.8 Å². The van der Waals surface area contributed by atoms with Crippen LogP contribution in [0.3, 0.4) is 0 Å². The van der Waals surface area contributed by atoms with Crippen molar-refractivity contribution in [1.29, 1.82) is 0 Å². The highest BCUT2D eigenvalue weighted by atomic mass is 32.2. The number of aromatic nitrogens is 1. The Morgan fingerprint density at radius 3 is 2.95 bits per heavy atom. The molecule has 1 fully saturated rings. The zero-order valence-corrected chi connectivity index (χ0v) is 13.3. The fraction of sp³-hybridized carbons (Fsp3) is 0.667. The molecule has 5 heteroatoms. The van der Waals surface area contributed by atoms with Gasteiger partial charge in [-0.3, -0.25) is 4.98 Å². The molecule has 1 saturated heterocycles. The van der Waals surface area contributed by atoms with E-state index in [1.54, 1.807) is 6.07 Å². The number of hydrogen-bond donors (Lipinski definition) is 1. The van der Waals surface area contributed by atoms with Crippen LogP contribution in [-0.4, -0.2) is 47.6 Å². The molecule has 0 aliphatic carbocycles. The highest BCUT2D eigenvalue weighted by molar-refractivity contribution is 7.99. The molecule has 0 saturated carbocycles. The molecule has 3 atom stereocenters. The number of nitrogens with one attached hydrogen (secondary N) is 1. The molecule has 1 aromatic rings. The summed E-state index contributed by atoms with van der Waals surface area (Å²) in [6.45, 7) is 7.89. The highest BCUT2D eigenvalue weighted by Crippen LogP contribution is 2.24. The van der Waals surface area contributed by atoms with E-state index in [9.17, 15) is 4.39 Å². The number of nitrogens with zero attached hydrogens (tertiary/aromatic N) is 2. The van der Waals surface area contributed by atoms with E-state index in [1.807, 2.05) is 18.8 Å². The summed E-state index contributed by atoms with van der Waals surface area (Å²) in [5, 5.41) is 4.04. The van der Waals surface area contributed by atoms with Crippen LogP contribution in [0.5, 0.6) is 0 Å². The smallest absolute Gasteiger partial charge is 0.141 e. The molecule has 112 valence electrons. The van der Waals surface area contributed by atoms with Gasteiger partial charge in [0.05, 0.1) is 17.9 Å². The van der Waals surface area contributed by atoms with Crippen LogP contribution in [0.2, 0.25) is 0 Å². The van der Waals surface area contributed by atoms with Crippen LogP contribution in [0.15, 0.2) is 18.3 Å². The molecule has 2 heterocycles. The Balaban J connectivity index is 1.97. The summed E-state index contributed by atoms with van der Waals surface area (Å²) in [6.07, 6.45) is 1.30. The molecule has 3 nitrogen and oxygen atoms in total. The third-order valence-electron chi connectivity index (χ3n) is 3.82. The number of rotatable bonds is 5. The molecule has 20 heavy (non-hydrogen) atoms. The van der Waals surface area contributed by atoms with Gasteiger partial charge < -0.3 is 10.2 Å². The summed E-state index contributed by atoms with van der Waals surface area (Å²) in [6, 6.07) is 3.43. The standard InChI is InChI=1S/C15H24FN3S/c1-11(9-19-6-7-20-12(2)10-19)15(17-3)14-5-4-13(16)8-18-14/h4-5,8,11-12,15,17H,6-7,9-10H2,1-3H3. The molecule has 0 aromatic carbocycles. The third-order valence-corrected chi connectivity index (χ3v) is 4.96. The van der Waals surface area contributed by atoms with Crippen molar-refractivity contribution in [3.8, 4) is 0 Å². The molecule has 0 amide bonds. The Bertz CT molecular complexity index is 412. The molecule has 1 aromatic heterocycles. The Hall–Kier alpha value is -0.650. The molecular weight excluding hydrogens is 273 g/mol. The summed E-state index contributed by atoms with van der Waals surface area (Å²) in [4.78, 5) is 6.75. The first-order chi connectivity index (χ1) is 9.60. The van der Waals surface area contributed by atoms with E-state index in [0.29, 0.717) is 11.2 Å². The van der Waals surface area contributed by atoms with E-state index in [-0.39, 0.29) is 11.9 Å². The van der Waals surface area contributed by atoms with Crippen molar-refractivity contribution in [3.05, 3.63) is 29.8 Å². The van der Waals surface area contributed by atoms with Gasteiger partial charge in [-0.05, 0) is 25.1 Å². The largest absolute Gasteiger partial charge is 0.311 e. The van der Waals surface area contributed by atoms with Crippen molar-refractivity contribution in [2.45, 2.75) is 25.1 Å². The second kappa shape index (κ2) is 7.38. The summed E-state index contributed by atoms with van der Waals surface area (Å²) in [7, 11) is 1.95. The molecular formula is C15H24FN3S. The van der Waals surface area contributed by atoms with Gasteiger partial charge >= 0.3 is 0 Å². The van der Waals surface area contributed by atoms with Gasteiger partial charge in [0.15, 0.2) is 0 Å². The fourth-order valence-corrected chi connectivity index (χ4v) is 3.95. The van der Waals surface area contributed by atoms with Gasteiger partial charge in [-0.25, -0.2) is 4.39 Å². The lowest BCUT2D eigenvalue weighted by molar-refractivity contribution is 0.220. The van der Waals surface area contributed by atoms with Crippen LogP contribution < -0.4 is 5.32 Å². The van der Waals surface area contributed by atoms with Crippen LogP contribution in [-0.2, 0) is 0 Å². The molecule has 1 aliphatic heterocycles. The minimum atomic E-state index is -0.280. The van der Waals surface area contributed by atoms with Crippen LogP contribution in [0, 0.1) is 11.7 Å². The lowest BCUT2D eigenvalue weighted by atomic mass is 9.97. The van der Waals surface area contributed by atoms with E-state index in [2.05, 4.69) is 29.0 Å². The van der Waals surface area contributed by atoms with Crippen molar-refractivity contribution < 1.29 is 4.39 Å². The summed E-state index contributed by atoms with van der Waals surface area (Å²) < 4.78 is 13.0. The Kier molecular flexibility index (Phi) is 5.81. The van der Waals surface area contributed by atoms with Crippen LogP contribution >= 0.6 is 11.8 Å². The lowest BCUT2D eigenvalue weighted by Crippen LogP contribution is -2.41. The molecule has 0 spiro atoms. The van der Waals surface area contributed by atoms with Crippen LogP contribution in [0.4, 0.5) is 4.39 Å². The van der Waals surface area contributed by atoms with Crippen molar-refractivity contribution in [1.82, 2.24) is 15.2 Å². The van der Waals surface area contributed by atoms with Crippen LogP contribution in [0.25, 0.3) is 0 Å². The minimum absolute atomic E-state index is 0.167. The Morgan fingerprint density at radius 1 is 1.55 bits per heavy atom. The first-order valence-electron chi connectivity index (χ1n) is 7.23. The number of pyridine rings is 1. The first-order valence-corrected chi connectivity index (χ1v) is 8.27. The van der Waals surface area contributed by atoms with Crippen LogP contribution in [0.1, 0.15) is 25.6 Å². The first kappa shape index (κ1) is 15.7. The van der Waals surface area contributed by atoms with E-state index in [0.717, 1.165) is 25.3 Å². The van der Waals surface area contributed by atoms with E-state index in [4.69, 9.17) is 0 Å². The second-order valence-corrected chi connectivity index (χ2v) is 7.13. The molecule has 2 rings (SSSR count). The molecule has 3 unspecified atom stereocenters. The topological polar surface area (TPSA) is 28.2 Å². The lowest BCUT2D eigenvalue weighted by Gasteiger charge is -2.34. The second-order valence-electron chi connectivity index (χ2n) is 5.59. The fourth-order valence-electron chi connectivity index (χ4n) is 2.86. The monoisotopic (exact) mass is 297 g/mol. The van der Waals surface area contributed by atoms with Crippen molar-refractivity contribution in [2.24, 2.45) is 5.92 Å². The average Bonchev–Trinajstić information content (AvgIpc) is 2.42. The Morgan fingerprint density at radius 2 is 2.35 bits per heavy atom. The predicted molar refractivity (Wildman–Crippen MR) is 83.5 cm³/mol. The van der Waals surface area contributed by atoms with Gasteiger partial charge in [0, 0.05) is 30.6 Å². The number of halogens is 1. The van der Waals surface area contributed by atoms with Gasteiger partial charge in [-0.1, -0.05) is 13.8 Å². The maximum absolute atomic E-state index is 13.0.